The van der Waals surface area contributed by atoms with Gasteiger partial charge in [-0.05, 0) is 12.8 Å². The molecule has 20 heavy (non-hydrogen) atoms. The van der Waals surface area contributed by atoms with Crippen LogP contribution in [0.2, 0.25) is 0 Å². The van der Waals surface area contributed by atoms with Gasteiger partial charge >= 0.3 is 6.18 Å². The summed E-state index contributed by atoms with van der Waals surface area (Å²) in [5, 5.41) is 12.3. The van der Waals surface area contributed by atoms with E-state index in [4.69, 9.17) is 10.5 Å². The molecule has 1 aliphatic heterocycles. The van der Waals surface area contributed by atoms with Gasteiger partial charge < -0.3 is 20.9 Å². The number of hydrogen-bond acceptors (Lipinski definition) is 6. The number of halogens is 3. The lowest BCUT2D eigenvalue weighted by Gasteiger charge is -2.36. The number of nitrogens with one attached hydrogen (secondary N) is 1. The lowest BCUT2D eigenvalue weighted by Crippen LogP contribution is -2.47. The van der Waals surface area contributed by atoms with Crippen molar-refractivity contribution in [2.75, 3.05) is 30.9 Å². The van der Waals surface area contributed by atoms with Crippen molar-refractivity contribution < 1.29 is 23.0 Å². The van der Waals surface area contributed by atoms with Crippen LogP contribution in [-0.4, -0.2) is 40.4 Å². The molecule has 0 spiro atoms. The zero-order valence-corrected chi connectivity index (χ0v) is 10.6. The SMILES string of the molecule is Nc1nc(NC2(CO)CCOCC2)cc(C(F)(F)F)n1. The number of anilines is 2. The van der Waals surface area contributed by atoms with Gasteiger partial charge in [0.1, 0.15) is 5.82 Å². The van der Waals surface area contributed by atoms with Crippen LogP contribution < -0.4 is 11.1 Å². The monoisotopic (exact) mass is 292 g/mol. The number of hydrogen-bond donors (Lipinski definition) is 3. The molecule has 0 bridgehead atoms. The molecule has 0 unspecified atom stereocenters. The molecule has 2 heterocycles. The van der Waals surface area contributed by atoms with Crippen molar-refractivity contribution in [1.82, 2.24) is 9.97 Å². The molecule has 1 aromatic rings. The first-order valence-electron chi connectivity index (χ1n) is 6.03. The molecule has 0 aromatic carbocycles. The number of nitrogens with two attached hydrogens (primary N) is 1. The number of aliphatic hydroxyl groups excluding tert-OH is 1. The predicted octanol–water partition coefficient (Wildman–Crippen LogP) is 1.03. The quantitative estimate of drug-likeness (QED) is 0.770. The van der Waals surface area contributed by atoms with E-state index in [-0.39, 0.29) is 12.4 Å². The average molecular weight is 292 g/mol. The van der Waals surface area contributed by atoms with Gasteiger partial charge in [0.05, 0.1) is 12.1 Å². The maximum atomic E-state index is 12.7. The van der Waals surface area contributed by atoms with Crippen molar-refractivity contribution in [3.8, 4) is 0 Å². The van der Waals surface area contributed by atoms with Crippen molar-refractivity contribution in [1.29, 1.82) is 0 Å². The minimum absolute atomic E-state index is 0.0548. The Hall–Kier alpha value is -1.61. The van der Waals surface area contributed by atoms with Crippen LogP contribution in [0.4, 0.5) is 24.9 Å². The summed E-state index contributed by atoms with van der Waals surface area (Å²) in [5.74, 6) is -0.525. The van der Waals surface area contributed by atoms with E-state index in [9.17, 15) is 18.3 Å². The number of rotatable bonds is 3. The normalized spacial score (nSPS) is 18.8. The van der Waals surface area contributed by atoms with E-state index in [0.29, 0.717) is 26.1 Å². The fourth-order valence-electron chi connectivity index (χ4n) is 2.03. The molecule has 4 N–H and O–H groups in total. The number of ether oxygens (including phenoxy) is 1. The average Bonchev–Trinajstić information content (AvgIpc) is 2.38. The summed E-state index contributed by atoms with van der Waals surface area (Å²) in [4.78, 5) is 6.90. The standard InChI is InChI=1S/C11H15F3N4O2/c12-11(13,14)7-5-8(17-9(15)16-7)18-10(6-19)1-3-20-4-2-10/h5,19H,1-4,6H2,(H3,15,16,17,18). The van der Waals surface area contributed by atoms with Gasteiger partial charge in [-0.25, -0.2) is 4.98 Å². The largest absolute Gasteiger partial charge is 0.433 e. The number of nitrogens with zero attached hydrogens (tertiary/aromatic N) is 2. The highest BCUT2D eigenvalue weighted by Gasteiger charge is 2.36. The number of aliphatic hydroxyl groups is 1. The van der Waals surface area contributed by atoms with Gasteiger partial charge in [-0.2, -0.15) is 18.2 Å². The Bertz CT molecular complexity index is 475. The second-order valence-electron chi connectivity index (χ2n) is 4.67. The molecule has 0 aliphatic carbocycles. The van der Waals surface area contributed by atoms with E-state index < -0.39 is 23.4 Å². The van der Waals surface area contributed by atoms with Gasteiger partial charge in [0.2, 0.25) is 5.95 Å². The second kappa shape index (κ2) is 5.41. The Kier molecular flexibility index (Phi) is 4.00. The highest BCUT2D eigenvalue weighted by molar-refractivity contribution is 5.43. The number of alkyl halides is 3. The highest BCUT2D eigenvalue weighted by Crippen LogP contribution is 2.31. The molecule has 6 nitrogen and oxygen atoms in total. The second-order valence-corrected chi connectivity index (χ2v) is 4.67. The molecular formula is C11H15F3N4O2. The van der Waals surface area contributed by atoms with Gasteiger partial charge in [-0.15, -0.1) is 0 Å². The maximum Gasteiger partial charge on any atom is 0.433 e. The van der Waals surface area contributed by atoms with E-state index in [1.165, 1.54) is 0 Å². The molecule has 2 rings (SSSR count). The number of aromatic nitrogens is 2. The zero-order valence-electron chi connectivity index (χ0n) is 10.6. The Morgan fingerprint density at radius 1 is 1.35 bits per heavy atom. The van der Waals surface area contributed by atoms with E-state index in [2.05, 4.69) is 15.3 Å². The molecule has 0 atom stereocenters. The van der Waals surface area contributed by atoms with Crippen LogP contribution in [0, 0.1) is 0 Å². The maximum absolute atomic E-state index is 12.7. The smallest absolute Gasteiger partial charge is 0.394 e. The van der Waals surface area contributed by atoms with Crippen LogP contribution in [0.15, 0.2) is 6.07 Å². The summed E-state index contributed by atoms with van der Waals surface area (Å²) in [5.41, 5.74) is 3.43. The van der Waals surface area contributed by atoms with Crippen molar-refractivity contribution in [2.45, 2.75) is 24.6 Å². The molecular weight excluding hydrogens is 277 g/mol. The molecule has 1 aromatic heterocycles. The highest BCUT2D eigenvalue weighted by atomic mass is 19.4. The first-order chi connectivity index (χ1) is 9.35. The molecule has 112 valence electrons. The molecule has 1 aliphatic rings. The fraction of sp³-hybridized carbons (Fsp3) is 0.636. The number of nitrogen functional groups attached to an aromatic ring is 1. The third-order valence-corrected chi connectivity index (χ3v) is 3.18. The van der Waals surface area contributed by atoms with E-state index >= 15 is 0 Å². The first kappa shape index (κ1) is 14.8. The summed E-state index contributed by atoms with van der Waals surface area (Å²) < 4.78 is 43.2. The topological polar surface area (TPSA) is 93.3 Å². The minimum atomic E-state index is -4.60. The zero-order chi connectivity index (χ0) is 14.8. The molecule has 0 saturated carbocycles. The minimum Gasteiger partial charge on any atom is -0.394 e. The van der Waals surface area contributed by atoms with Crippen molar-refractivity contribution in [2.24, 2.45) is 0 Å². The predicted molar refractivity (Wildman–Crippen MR) is 64.9 cm³/mol. The van der Waals surface area contributed by atoms with Gasteiger partial charge in [-0.1, -0.05) is 0 Å². The van der Waals surface area contributed by atoms with Crippen molar-refractivity contribution >= 4 is 11.8 Å². The van der Waals surface area contributed by atoms with Gasteiger partial charge in [0.15, 0.2) is 5.69 Å². The van der Waals surface area contributed by atoms with Gasteiger partial charge in [0, 0.05) is 19.3 Å². The molecule has 0 radical (unpaired) electrons. The van der Waals surface area contributed by atoms with Crippen LogP contribution in [0.5, 0.6) is 0 Å². The van der Waals surface area contributed by atoms with Crippen LogP contribution in [0.3, 0.4) is 0 Å². The van der Waals surface area contributed by atoms with Crippen molar-refractivity contribution in [3.63, 3.8) is 0 Å². The molecule has 0 amide bonds. The lowest BCUT2D eigenvalue weighted by atomic mass is 9.91. The van der Waals surface area contributed by atoms with Crippen LogP contribution in [-0.2, 0) is 10.9 Å². The summed E-state index contributed by atoms with van der Waals surface area (Å²) in [6, 6.07) is 0.781. The van der Waals surface area contributed by atoms with Gasteiger partial charge in [0.25, 0.3) is 0 Å². The van der Waals surface area contributed by atoms with Crippen LogP contribution in [0.25, 0.3) is 0 Å². The fourth-order valence-corrected chi connectivity index (χ4v) is 2.03. The Morgan fingerprint density at radius 2 is 2.00 bits per heavy atom. The summed E-state index contributed by atoms with van der Waals surface area (Å²) in [7, 11) is 0. The van der Waals surface area contributed by atoms with Crippen LogP contribution >= 0.6 is 0 Å². The molecule has 1 fully saturated rings. The van der Waals surface area contributed by atoms with Crippen molar-refractivity contribution in [3.05, 3.63) is 11.8 Å². The summed E-state index contributed by atoms with van der Waals surface area (Å²) in [6.07, 6.45) is -3.67. The van der Waals surface area contributed by atoms with Crippen LogP contribution in [0.1, 0.15) is 18.5 Å². The summed E-state index contributed by atoms with van der Waals surface area (Å²) in [6.45, 7) is 0.599. The Balaban J connectivity index is 2.26. The van der Waals surface area contributed by atoms with E-state index in [1.807, 2.05) is 0 Å². The van der Waals surface area contributed by atoms with E-state index in [0.717, 1.165) is 6.07 Å². The molecule has 9 heteroatoms. The van der Waals surface area contributed by atoms with Gasteiger partial charge in [-0.3, -0.25) is 0 Å². The van der Waals surface area contributed by atoms with E-state index in [1.54, 1.807) is 0 Å². The Morgan fingerprint density at radius 3 is 2.55 bits per heavy atom. The summed E-state index contributed by atoms with van der Waals surface area (Å²) >= 11 is 0. The third kappa shape index (κ3) is 3.28. The molecule has 1 saturated heterocycles. The first-order valence-corrected chi connectivity index (χ1v) is 6.03. The lowest BCUT2D eigenvalue weighted by molar-refractivity contribution is -0.141. The third-order valence-electron chi connectivity index (χ3n) is 3.18. The Labute approximate surface area is 113 Å².